The SMILES string of the molecule is CC1C=CC(Cl)=CC1n1cnnc1-c1nc(-c2cccnc2)cnc1N. The fraction of sp³-hybridized carbons (Fsp3) is 0.167. The van der Waals surface area contributed by atoms with Crippen molar-refractivity contribution < 1.29 is 0 Å². The first-order valence-corrected chi connectivity index (χ1v) is 8.49. The summed E-state index contributed by atoms with van der Waals surface area (Å²) in [7, 11) is 0. The molecule has 0 fully saturated rings. The van der Waals surface area contributed by atoms with Gasteiger partial charge in [0.25, 0.3) is 0 Å². The number of nitrogens with two attached hydrogens (primary N) is 1. The van der Waals surface area contributed by atoms with Crippen molar-refractivity contribution in [3.05, 3.63) is 60.3 Å². The van der Waals surface area contributed by atoms with Crippen LogP contribution in [0.3, 0.4) is 0 Å². The second kappa shape index (κ2) is 6.68. The highest BCUT2D eigenvalue weighted by Crippen LogP contribution is 2.33. The zero-order valence-corrected chi connectivity index (χ0v) is 14.7. The van der Waals surface area contributed by atoms with Crippen molar-refractivity contribution in [1.82, 2.24) is 29.7 Å². The van der Waals surface area contributed by atoms with Gasteiger partial charge in [0.15, 0.2) is 17.3 Å². The fourth-order valence-electron chi connectivity index (χ4n) is 2.91. The molecule has 2 N–H and O–H groups in total. The van der Waals surface area contributed by atoms with E-state index in [1.807, 2.05) is 28.9 Å². The normalized spacial score (nSPS) is 19.4. The number of pyridine rings is 1. The Labute approximate surface area is 155 Å². The molecule has 2 atom stereocenters. The minimum Gasteiger partial charge on any atom is -0.382 e. The van der Waals surface area contributed by atoms with E-state index in [4.69, 9.17) is 17.3 Å². The third kappa shape index (κ3) is 2.97. The van der Waals surface area contributed by atoms with Gasteiger partial charge in [0.2, 0.25) is 0 Å². The second-order valence-electron chi connectivity index (χ2n) is 6.05. The number of nitrogen functional groups attached to an aromatic ring is 1. The standard InChI is InChI=1S/C18H16ClN7/c1-11-4-5-13(19)7-15(11)26-10-23-25-18(26)16-17(20)22-9-14(24-16)12-3-2-6-21-8-12/h2-11,15H,1H3,(H2,20,22). The predicted molar refractivity (Wildman–Crippen MR) is 100.0 cm³/mol. The zero-order chi connectivity index (χ0) is 18.1. The van der Waals surface area contributed by atoms with Gasteiger partial charge < -0.3 is 10.3 Å². The molecule has 2 unspecified atom stereocenters. The lowest BCUT2D eigenvalue weighted by Crippen LogP contribution is -2.17. The van der Waals surface area contributed by atoms with Crippen molar-refractivity contribution >= 4 is 17.4 Å². The van der Waals surface area contributed by atoms with Crippen LogP contribution in [0.4, 0.5) is 5.82 Å². The van der Waals surface area contributed by atoms with E-state index in [2.05, 4.69) is 38.1 Å². The first kappa shape index (κ1) is 16.4. The van der Waals surface area contributed by atoms with Crippen LogP contribution >= 0.6 is 11.6 Å². The summed E-state index contributed by atoms with van der Waals surface area (Å²) in [5.74, 6) is 1.07. The third-order valence-corrected chi connectivity index (χ3v) is 4.54. The van der Waals surface area contributed by atoms with Crippen LogP contribution in [-0.4, -0.2) is 29.7 Å². The van der Waals surface area contributed by atoms with E-state index in [0.29, 0.717) is 28.1 Å². The lowest BCUT2D eigenvalue weighted by atomic mass is 9.96. The molecule has 4 rings (SSSR count). The van der Waals surface area contributed by atoms with Crippen LogP contribution in [0.5, 0.6) is 0 Å². The molecule has 8 heteroatoms. The molecule has 0 saturated carbocycles. The van der Waals surface area contributed by atoms with Crippen molar-refractivity contribution in [2.75, 3.05) is 5.73 Å². The second-order valence-corrected chi connectivity index (χ2v) is 6.49. The van der Waals surface area contributed by atoms with E-state index in [1.54, 1.807) is 24.9 Å². The van der Waals surface area contributed by atoms with E-state index in [0.717, 1.165) is 5.56 Å². The number of rotatable bonds is 3. The Morgan fingerprint density at radius 1 is 1.27 bits per heavy atom. The third-order valence-electron chi connectivity index (χ3n) is 4.29. The molecule has 3 aromatic heterocycles. The molecule has 130 valence electrons. The predicted octanol–water partition coefficient (Wildman–Crippen LogP) is 3.25. The summed E-state index contributed by atoms with van der Waals surface area (Å²) in [6.45, 7) is 2.10. The highest BCUT2D eigenvalue weighted by Gasteiger charge is 2.24. The Kier molecular flexibility index (Phi) is 4.22. The van der Waals surface area contributed by atoms with E-state index in [9.17, 15) is 0 Å². The Morgan fingerprint density at radius 2 is 2.15 bits per heavy atom. The monoisotopic (exact) mass is 365 g/mol. The summed E-state index contributed by atoms with van der Waals surface area (Å²) in [4.78, 5) is 13.1. The molecule has 26 heavy (non-hydrogen) atoms. The average Bonchev–Trinajstić information content (AvgIpc) is 3.14. The largest absolute Gasteiger partial charge is 0.382 e. The van der Waals surface area contributed by atoms with Gasteiger partial charge in [0, 0.05) is 23.0 Å². The van der Waals surface area contributed by atoms with Crippen LogP contribution in [0, 0.1) is 5.92 Å². The molecule has 0 spiro atoms. The molecule has 0 bridgehead atoms. The van der Waals surface area contributed by atoms with E-state index >= 15 is 0 Å². The maximum atomic E-state index is 6.19. The van der Waals surface area contributed by atoms with Crippen LogP contribution in [0.15, 0.2) is 60.3 Å². The fourth-order valence-corrected chi connectivity index (χ4v) is 3.11. The minimum atomic E-state index is -0.0271. The van der Waals surface area contributed by atoms with Gasteiger partial charge in [-0.25, -0.2) is 9.97 Å². The summed E-state index contributed by atoms with van der Waals surface area (Å²) in [5, 5.41) is 8.97. The molecule has 0 saturated heterocycles. The number of halogens is 1. The van der Waals surface area contributed by atoms with Crippen LogP contribution in [0.2, 0.25) is 0 Å². The minimum absolute atomic E-state index is 0.0271. The lowest BCUT2D eigenvalue weighted by molar-refractivity contribution is 0.486. The van der Waals surface area contributed by atoms with Gasteiger partial charge in [-0.2, -0.15) is 0 Å². The van der Waals surface area contributed by atoms with Crippen molar-refractivity contribution in [1.29, 1.82) is 0 Å². The lowest BCUT2D eigenvalue weighted by Gasteiger charge is -2.24. The van der Waals surface area contributed by atoms with Gasteiger partial charge in [-0.3, -0.25) is 4.98 Å². The van der Waals surface area contributed by atoms with Gasteiger partial charge in [-0.05, 0) is 30.2 Å². The van der Waals surface area contributed by atoms with Crippen molar-refractivity contribution in [3.63, 3.8) is 0 Å². The molecule has 0 aliphatic heterocycles. The maximum absolute atomic E-state index is 6.19. The van der Waals surface area contributed by atoms with E-state index in [1.165, 1.54) is 0 Å². The number of anilines is 1. The van der Waals surface area contributed by atoms with Gasteiger partial charge in [-0.15, -0.1) is 10.2 Å². The Balaban J connectivity index is 1.80. The smallest absolute Gasteiger partial charge is 0.186 e. The molecule has 3 heterocycles. The Morgan fingerprint density at radius 3 is 2.96 bits per heavy atom. The van der Waals surface area contributed by atoms with Gasteiger partial charge in [-0.1, -0.05) is 24.6 Å². The topological polar surface area (TPSA) is 95.4 Å². The molecular weight excluding hydrogens is 350 g/mol. The first-order chi connectivity index (χ1) is 12.6. The summed E-state index contributed by atoms with van der Waals surface area (Å²) in [5.41, 5.74) is 8.09. The number of hydrogen-bond acceptors (Lipinski definition) is 6. The van der Waals surface area contributed by atoms with Gasteiger partial charge >= 0.3 is 0 Å². The van der Waals surface area contributed by atoms with Gasteiger partial charge in [0.05, 0.1) is 17.9 Å². The number of nitrogens with zero attached hydrogens (tertiary/aromatic N) is 6. The maximum Gasteiger partial charge on any atom is 0.186 e. The van der Waals surface area contributed by atoms with Crippen molar-refractivity contribution in [2.45, 2.75) is 13.0 Å². The Hall–Kier alpha value is -3.06. The molecule has 7 nitrogen and oxygen atoms in total. The molecule has 1 aliphatic rings. The number of hydrogen-bond donors (Lipinski definition) is 1. The summed E-state index contributed by atoms with van der Waals surface area (Å²) in [6.07, 6.45) is 12.6. The summed E-state index contributed by atoms with van der Waals surface area (Å²) < 4.78 is 1.92. The van der Waals surface area contributed by atoms with E-state index < -0.39 is 0 Å². The number of allylic oxidation sites excluding steroid dienone is 4. The Bertz CT molecular complexity index is 994. The molecule has 0 amide bonds. The molecule has 0 aromatic carbocycles. The zero-order valence-electron chi connectivity index (χ0n) is 14.0. The number of aromatic nitrogens is 6. The molecule has 0 radical (unpaired) electrons. The average molecular weight is 366 g/mol. The quantitative estimate of drug-likeness (QED) is 0.765. The van der Waals surface area contributed by atoms with Crippen LogP contribution in [-0.2, 0) is 0 Å². The van der Waals surface area contributed by atoms with E-state index in [-0.39, 0.29) is 12.0 Å². The first-order valence-electron chi connectivity index (χ1n) is 8.12. The van der Waals surface area contributed by atoms with Crippen molar-refractivity contribution in [2.24, 2.45) is 5.92 Å². The van der Waals surface area contributed by atoms with Crippen LogP contribution in [0.1, 0.15) is 13.0 Å². The molecular formula is C18H16ClN7. The molecule has 3 aromatic rings. The summed E-state index contributed by atoms with van der Waals surface area (Å²) in [6, 6.07) is 3.73. The van der Waals surface area contributed by atoms with Crippen LogP contribution in [0.25, 0.3) is 22.8 Å². The highest BCUT2D eigenvalue weighted by molar-refractivity contribution is 6.31. The highest BCUT2D eigenvalue weighted by atomic mass is 35.5. The summed E-state index contributed by atoms with van der Waals surface area (Å²) >= 11 is 6.19. The van der Waals surface area contributed by atoms with Gasteiger partial charge in [0.1, 0.15) is 6.33 Å². The van der Waals surface area contributed by atoms with Crippen LogP contribution < -0.4 is 5.73 Å². The van der Waals surface area contributed by atoms with Crippen molar-refractivity contribution in [3.8, 4) is 22.8 Å². The molecule has 1 aliphatic carbocycles.